The summed E-state index contributed by atoms with van der Waals surface area (Å²) in [6, 6.07) is 10.3. The average Bonchev–Trinajstić information content (AvgIpc) is 3.99. The number of hydrogen-bond acceptors (Lipinski definition) is 13. The van der Waals surface area contributed by atoms with Gasteiger partial charge in [0.1, 0.15) is 28.5 Å². The molecule has 0 saturated carbocycles. The van der Waals surface area contributed by atoms with Crippen molar-refractivity contribution in [1.29, 1.82) is 0 Å². The number of benzene rings is 2. The van der Waals surface area contributed by atoms with Crippen molar-refractivity contribution in [1.82, 2.24) is 30.5 Å². The number of ketones is 2. The fourth-order valence-electron chi connectivity index (χ4n) is 5.80. The molecule has 0 unspecified atom stereocenters. The van der Waals surface area contributed by atoms with E-state index in [1.165, 1.54) is 12.4 Å². The number of oxime groups is 1. The summed E-state index contributed by atoms with van der Waals surface area (Å²) in [5.41, 5.74) is 7.46. The third kappa shape index (κ3) is 8.01. The van der Waals surface area contributed by atoms with Gasteiger partial charge in [-0.25, -0.2) is 0 Å². The molecule has 0 amide bonds. The number of hydrogen-bond donors (Lipinski definition) is 4. The van der Waals surface area contributed by atoms with Crippen LogP contribution in [0.3, 0.4) is 0 Å². The lowest BCUT2D eigenvalue weighted by Crippen LogP contribution is -2.40. The molecule has 0 atom stereocenters. The topological polar surface area (TPSA) is 234 Å². The molecule has 5 N–H and O–H groups in total. The van der Waals surface area contributed by atoms with Crippen LogP contribution in [0.25, 0.3) is 22.8 Å². The van der Waals surface area contributed by atoms with Gasteiger partial charge >= 0.3 is 0 Å². The van der Waals surface area contributed by atoms with E-state index in [2.05, 4.69) is 35.7 Å². The van der Waals surface area contributed by atoms with Gasteiger partial charge in [0.05, 0.1) is 47.5 Å². The van der Waals surface area contributed by atoms with Crippen LogP contribution in [0.2, 0.25) is 0 Å². The van der Waals surface area contributed by atoms with Gasteiger partial charge in [0.25, 0.3) is 12.4 Å². The largest absolute Gasteiger partial charge is 0.486 e. The van der Waals surface area contributed by atoms with Crippen LogP contribution in [0.15, 0.2) is 70.9 Å². The molecule has 16 nitrogen and oxygen atoms in total. The van der Waals surface area contributed by atoms with E-state index < -0.39 is 11.2 Å². The number of nitrogens with zero attached hydrogens (tertiary/aromatic N) is 5. The Morgan fingerprint density at radius 3 is 2.02 bits per heavy atom. The molecule has 2 aliphatic heterocycles. The van der Waals surface area contributed by atoms with Gasteiger partial charge in [-0.15, -0.1) is 0 Å². The number of Topliss-reactive ketones (excluding diaryl/α,β-unsaturated/α-hetero) is 2. The average molecular weight is 713 g/mol. The summed E-state index contributed by atoms with van der Waals surface area (Å²) in [5, 5.41) is 27.5. The number of nitrogens with one attached hydrogen (secondary N) is 2. The summed E-state index contributed by atoms with van der Waals surface area (Å²) < 4.78 is 22.2. The van der Waals surface area contributed by atoms with Crippen molar-refractivity contribution in [3.05, 3.63) is 77.9 Å². The maximum absolute atomic E-state index is 12.6. The number of H-pyrrole nitrogens is 2. The molecule has 0 fully saturated rings. The molecule has 16 heteroatoms. The van der Waals surface area contributed by atoms with Crippen LogP contribution >= 0.6 is 0 Å². The van der Waals surface area contributed by atoms with Crippen LogP contribution in [0.4, 0.5) is 0 Å². The molecule has 0 spiro atoms. The van der Waals surface area contributed by atoms with Gasteiger partial charge < -0.3 is 29.7 Å². The van der Waals surface area contributed by atoms with Crippen LogP contribution in [0.5, 0.6) is 17.2 Å². The SMILES string of the molecule is CCC1(CC)CC(=O)c2cc(-c3nc(-c4cn[nH]c4)no3)ccc2O1.CCC1(CC)CC(=O)c2cc(OC=O)ccc2O1.NC(=NO)c1cn[nH]c1. The zero-order valence-corrected chi connectivity index (χ0v) is 29.2. The molecule has 0 radical (unpaired) electrons. The van der Waals surface area contributed by atoms with Crippen LogP contribution in [-0.2, 0) is 4.79 Å². The molecule has 5 heterocycles. The van der Waals surface area contributed by atoms with E-state index in [0.29, 0.717) is 70.5 Å². The molecule has 2 aromatic carbocycles. The maximum atomic E-state index is 12.6. The number of amidine groups is 1. The first kappa shape index (κ1) is 36.9. The molecule has 0 saturated heterocycles. The molecular formula is C36H40N8O8. The number of aromatic nitrogens is 6. The van der Waals surface area contributed by atoms with E-state index in [1.54, 1.807) is 36.7 Å². The van der Waals surface area contributed by atoms with E-state index in [9.17, 15) is 14.4 Å². The van der Waals surface area contributed by atoms with E-state index >= 15 is 0 Å². The third-order valence-electron chi connectivity index (χ3n) is 9.24. The second-order valence-electron chi connectivity index (χ2n) is 12.1. The van der Waals surface area contributed by atoms with Gasteiger partial charge in [0.15, 0.2) is 17.4 Å². The molecule has 52 heavy (non-hydrogen) atoms. The highest BCUT2D eigenvalue weighted by Gasteiger charge is 2.39. The van der Waals surface area contributed by atoms with Crippen LogP contribution in [0, 0.1) is 0 Å². The van der Waals surface area contributed by atoms with Gasteiger partial charge in [-0.1, -0.05) is 38.0 Å². The van der Waals surface area contributed by atoms with E-state index in [4.69, 9.17) is 29.7 Å². The Labute approximate surface area is 298 Å². The third-order valence-corrected chi connectivity index (χ3v) is 9.24. The van der Waals surface area contributed by atoms with Gasteiger partial charge in [0.2, 0.25) is 5.82 Å². The molecule has 5 aromatic rings. The lowest BCUT2D eigenvalue weighted by molar-refractivity contribution is -0.120. The first-order valence-corrected chi connectivity index (χ1v) is 16.7. The zero-order chi connectivity index (χ0) is 37.3. The predicted molar refractivity (Wildman–Crippen MR) is 187 cm³/mol. The summed E-state index contributed by atoms with van der Waals surface area (Å²) in [4.78, 5) is 39.4. The normalized spacial score (nSPS) is 15.3. The summed E-state index contributed by atoms with van der Waals surface area (Å²) in [6.07, 6.45) is 10.3. The number of rotatable bonds is 9. The van der Waals surface area contributed by atoms with E-state index in [-0.39, 0.29) is 17.4 Å². The van der Waals surface area contributed by atoms with Crippen molar-refractivity contribution < 1.29 is 38.3 Å². The van der Waals surface area contributed by atoms with Crippen molar-refractivity contribution in [2.45, 2.75) is 77.4 Å². The lowest BCUT2D eigenvalue weighted by Gasteiger charge is -2.36. The number of aromatic amines is 2. The number of ether oxygens (including phenoxy) is 3. The summed E-state index contributed by atoms with van der Waals surface area (Å²) >= 11 is 0. The van der Waals surface area contributed by atoms with Crippen molar-refractivity contribution in [2.24, 2.45) is 10.9 Å². The molecule has 0 bridgehead atoms. The summed E-state index contributed by atoms with van der Waals surface area (Å²) in [5.74, 6) is 2.55. The highest BCUT2D eigenvalue weighted by molar-refractivity contribution is 6.02. The number of fused-ring (bicyclic) bond motifs is 2. The fourth-order valence-corrected chi connectivity index (χ4v) is 5.80. The van der Waals surface area contributed by atoms with Crippen molar-refractivity contribution in [2.75, 3.05) is 0 Å². The van der Waals surface area contributed by atoms with E-state index in [1.807, 2.05) is 39.8 Å². The minimum absolute atomic E-state index is 0.0382. The monoisotopic (exact) mass is 712 g/mol. The van der Waals surface area contributed by atoms with Gasteiger partial charge in [-0.05, 0) is 62.1 Å². The van der Waals surface area contributed by atoms with Crippen LogP contribution in [-0.4, -0.2) is 70.8 Å². The zero-order valence-electron chi connectivity index (χ0n) is 29.2. The van der Waals surface area contributed by atoms with Crippen LogP contribution in [0.1, 0.15) is 92.5 Å². The molecule has 272 valence electrons. The molecule has 7 rings (SSSR count). The molecule has 3 aromatic heterocycles. The minimum atomic E-state index is -0.398. The highest BCUT2D eigenvalue weighted by atomic mass is 16.5. The van der Waals surface area contributed by atoms with Crippen molar-refractivity contribution in [3.63, 3.8) is 0 Å². The first-order valence-electron chi connectivity index (χ1n) is 16.7. The standard InChI is InChI=1S/C18H18N4O3.C14H16O4.C4H6N4O/c1-3-18(4-2)8-14(23)13-7-11(5-6-15(13)24-18)17-21-16(22-25-17)12-9-19-20-10-12;1-3-14(4-2)8-12(16)11-7-10(17-9-15)5-6-13(11)18-14;5-4(8-9)3-1-6-7-2-3/h5-7,9-10H,3-4,8H2,1-2H3,(H,19,20);5-7,9H,3-4,8H2,1-2H3;1-2,9H,(H2,5,8)(H,6,7). The van der Waals surface area contributed by atoms with Crippen molar-refractivity contribution in [3.8, 4) is 40.1 Å². The smallest absolute Gasteiger partial charge is 0.298 e. The quantitative estimate of drug-likeness (QED) is 0.0459. The Bertz CT molecular complexity index is 2010. The highest BCUT2D eigenvalue weighted by Crippen LogP contribution is 2.40. The Morgan fingerprint density at radius 1 is 0.885 bits per heavy atom. The Morgan fingerprint density at radius 2 is 1.48 bits per heavy atom. The minimum Gasteiger partial charge on any atom is -0.486 e. The Hall–Kier alpha value is -6.32. The predicted octanol–water partition coefficient (Wildman–Crippen LogP) is 5.90. The number of carbonyl (C=O) groups excluding carboxylic acids is 3. The summed E-state index contributed by atoms with van der Waals surface area (Å²) in [7, 11) is 0. The fraction of sp³-hybridized carbons (Fsp3) is 0.333. The second kappa shape index (κ2) is 16.1. The van der Waals surface area contributed by atoms with Crippen LogP contribution < -0.4 is 19.9 Å². The second-order valence-corrected chi connectivity index (χ2v) is 12.1. The molecule has 2 aliphatic rings. The van der Waals surface area contributed by atoms with Gasteiger partial charge in [-0.2, -0.15) is 15.2 Å². The summed E-state index contributed by atoms with van der Waals surface area (Å²) in [6.45, 7) is 8.48. The number of carbonyl (C=O) groups is 3. The Balaban J connectivity index is 0.000000168. The lowest BCUT2D eigenvalue weighted by atomic mass is 9.85. The van der Waals surface area contributed by atoms with Crippen molar-refractivity contribution >= 4 is 23.9 Å². The van der Waals surface area contributed by atoms with Gasteiger partial charge in [-0.3, -0.25) is 24.6 Å². The first-order chi connectivity index (χ1) is 25.1. The molecular weight excluding hydrogens is 672 g/mol. The maximum Gasteiger partial charge on any atom is 0.298 e. The molecule has 0 aliphatic carbocycles. The Kier molecular flexibility index (Phi) is 11.5. The van der Waals surface area contributed by atoms with Gasteiger partial charge in [0, 0.05) is 18.0 Å². The van der Waals surface area contributed by atoms with E-state index in [0.717, 1.165) is 31.2 Å². The number of nitrogens with two attached hydrogens (primary N) is 1.